The van der Waals surface area contributed by atoms with E-state index >= 15 is 0 Å². The predicted molar refractivity (Wildman–Crippen MR) is 123 cm³/mol. The molecule has 2 aliphatic heterocycles. The Labute approximate surface area is 200 Å². The fourth-order valence-corrected chi connectivity index (χ4v) is 5.48. The summed E-state index contributed by atoms with van der Waals surface area (Å²) in [7, 11) is 0. The lowest BCUT2D eigenvalue weighted by atomic mass is 9.94. The number of thiazole rings is 1. The van der Waals surface area contributed by atoms with Crippen LogP contribution in [0.15, 0.2) is 29.5 Å². The van der Waals surface area contributed by atoms with Crippen molar-refractivity contribution in [1.29, 1.82) is 0 Å². The second-order valence-corrected chi connectivity index (χ2v) is 9.69. The molecule has 0 aliphatic carbocycles. The molecule has 1 amide bonds. The molecule has 10 heteroatoms. The van der Waals surface area contributed by atoms with Gasteiger partial charge >= 0.3 is 0 Å². The van der Waals surface area contributed by atoms with Gasteiger partial charge in [0.1, 0.15) is 5.82 Å². The molecule has 3 heterocycles. The average Bonchev–Trinajstić information content (AvgIpc) is 3.24. The Morgan fingerprint density at radius 3 is 2.67 bits per heavy atom. The molecule has 0 saturated carbocycles. The fraction of sp³-hybridized carbons (Fsp3) is 0.435. The molecule has 0 bridgehead atoms. The van der Waals surface area contributed by atoms with Crippen LogP contribution in [0.2, 0.25) is 5.02 Å². The van der Waals surface area contributed by atoms with Crippen LogP contribution in [0.3, 0.4) is 0 Å². The summed E-state index contributed by atoms with van der Waals surface area (Å²) in [5.41, 5.74) is 0.342. The first-order valence-corrected chi connectivity index (χ1v) is 12.0. The molecule has 1 unspecified atom stereocenters. The number of amides is 1. The van der Waals surface area contributed by atoms with Crippen molar-refractivity contribution >= 4 is 34.6 Å². The molecular formula is C23H25ClFN3O4S. The molecule has 2 aliphatic rings. The largest absolute Gasteiger partial charge is 0.503 e. The number of benzene rings is 1. The third-order valence-electron chi connectivity index (χ3n) is 5.91. The van der Waals surface area contributed by atoms with Crippen LogP contribution in [0.25, 0.3) is 0 Å². The minimum atomic E-state index is -1.12. The van der Waals surface area contributed by atoms with Gasteiger partial charge in [-0.15, -0.1) is 11.3 Å². The molecule has 176 valence electrons. The number of ketones is 1. The van der Waals surface area contributed by atoms with Gasteiger partial charge in [-0.3, -0.25) is 14.5 Å². The summed E-state index contributed by atoms with van der Waals surface area (Å²) in [6, 6.07) is 3.08. The second kappa shape index (κ2) is 9.89. The number of hydrogen-bond donors (Lipinski definition) is 1. The Hall–Kier alpha value is -2.33. The van der Waals surface area contributed by atoms with E-state index in [2.05, 4.69) is 9.88 Å². The smallest absolute Gasteiger partial charge is 0.290 e. The number of aliphatic hydroxyl groups is 1. The van der Waals surface area contributed by atoms with E-state index in [1.807, 2.05) is 0 Å². The van der Waals surface area contributed by atoms with Crippen LogP contribution < -0.4 is 0 Å². The Bertz CT molecular complexity index is 1090. The van der Waals surface area contributed by atoms with E-state index in [0.29, 0.717) is 41.8 Å². The lowest BCUT2D eigenvalue weighted by Crippen LogP contribution is -2.39. The highest BCUT2D eigenvalue weighted by molar-refractivity contribution is 7.14. The third-order valence-corrected chi connectivity index (χ3v) is 7.31. The highest BCUT2D eigenvalue weighted by atomic mass is 35.5. The average molecular weight is 494 g/mol. The number of carbonyl (C=O) groups is 2. The topological polar surface area (TPSA) is 83.0 Å². The van der Waals surface area contributed by atoms with Crippen molar-refractivity contribution in [3.63, 3.8) is 0 Å². The van der Waals surface area contributed by atoms with Gasteiger partial charge in [0.2, 0.25) is 5.78 Å². The first-order chi connectivity index (χ1) is 15.8. The molecule has 4 rings (SSSR count). The second-order valence-electron chi connectivity index (χ2n) is 8.08. The molecule has 1 N–H and O–H groups in total. The van der Waals surface area contributed by atoms with Crippen molar-refractivity contribution in [2.75, 3.05) is 39.4 Å². The van der Waals surface area contributed by atoms with E-state index in [9.17, 15) is 19.1 Å². The fourth-order valence-electron chi connectivity index (χ4n) is 4.34. The van der Waals surface area contributed by atoms with Gasteiger partial charge in [0.05, 0.1) is 40.4 Å². The van der Waals surface area contributed by atoms with Crippen LogP contribution in [0, 0.1) is 19.7 Å². The zero-order chi connectivity index (χ0) is 23.7. The van der Waals surface area contributed by atoms with Crippen LogP contribution in [0.5, 0.6) is 0 Å². The van der Waals surface area contributed by atoms with E-state index in [0.717, 1.165) is 13.1 Å². The molecule has 2 aromatic rings. The predicted octanol–water partition coefficient (Wildman–Crippen LogP) is 3.85. The maximum Gasteiger partial charge on any atom is 0.290 e. The van der Waals surface area contributed by atoms with Gasteiger partial charge in [0.25, 0.3) is 5.91 Å². The van der Waals surface area contributed by atoms with Crippen LogP contribution in [-0.2, 0) is 9.53 Å². The molecule has 0 radical (unpaired) electrons. The Balaban J connectivity index is 1.69. The van der Waals surface area contributed by atoms with Crippen LogP contribution in [0.4, 0.5) is 4.39 Å². The van der Waals surface area contributed by atoms with Crippen LogP contribution >= 0.6 is 22.9 Å². The minimum absolute atomic E-state index is 0.00480. The number of aliphatic hydroxyl groups excluding tert-OH is 1. The number of nitrogens with zero attached hydrogens (tertiary/aromatic N) is 3. The number of ether oxygens (including phenoxy) is 1. The number of carbonyl (C=O) groups excluding carboxylic acids is 2. The highest BCUT2D eigenvalue weighted by Crippen LogP contribution is 2.43. The maximum atomic E-state index is 15.0. The van der Waals surface area contributed by atoms with E-state index in [-0.39, 0.29) is 22.7 Å². The van der Waals surface area contributed by atoms with Gasteiger partial charge in [-0.05, 0) is 32.4 Å². The van der Waals surface area contributed by atoms with Crippen LogP contribution in [-0.4, -0.2) is 71.0 Å². The van der Waals surface area contributed by atoms with Gasteiger partial charge < -0.3 is 14.7 Å². The third kappa shape index (κ3) is 4.68. The Morgan fingerprint density at radius 2 is 2.03 bits per heavy atom. The highest BCUT2D eigenvalue weighted by Gasteiger charge is 2.46. The first kappa shape index (κ1) is 23.8. The standard InChI is InChI=1S/C23H25ClFN3O4S/c1-13-22(33-14(2)26-13)20(29)18-19(17-15(24)5-3-6-16(17)25)28(23(31)21(18)30)8-4-7-27-9-11-32-12-10-27/h3,5-6,19,30H,4,7-12H2,1-2H3. The SMILES string of the molecule is Cc1nc(C)c(C(=O)C2=C(O)C(=O)N(CCCN3CCOCC3)C2c2c(F)cccc2Cl)s1. The molecule has 1 saturated heterocycles. The number of rotatable bonds is 7. The number of aryl methyl sites for hydroxylation is 2. The van der Waals surface area contributed by atoms with Crippen molar-refractivity contribution in [1.82, 2.24) is 14.8 Å². The number of aromatic nitrogens is 1. The van der Waals surface area contributed by atoms with Gasteiger partial charge in [-0.25, -0.2) is 9.37 Å². The number of morpholine rings is 1. The molecule has 1 aromatic carbocycles. The summed E-state index contributed by atoms with van der Waals surface area (Å²) in [6.07, 6.45) is 0.585. The number of hydrogen-bond acceptors (Lipinski definition) is 7. The normalized spacial score (nSPS) is 19.6. The minimum Gasteiger partial charge on any atom is -0.503 e. The lowest BCUT2D eigenvalue weighted by molar-refractivity contribution is -0.129. The monoisotopic (exact) mass is 493 g/mol. The summed E-state index contributed by atoms with van der Waals surface area (Å²) in [4.78, 5) is 34.7. The van der Waals surface area contributed by atoms with E-state index in [1.165, 1.54) is 34.4 Å². The van der Waals surface area contributed by atoms with Crippen molar-refractivity contribution in [2.45, 2.75) is 26.3 Å². The summed E-state index contributed by atoms with van der Waals surface area (Å²) in [5, 5.41) is 11.5. The van der Waals surface area contributed by atoms with Gasteiger partial charge in [0, 0.05) is 36.8 Å². The van der Waals surface area contributed by atoms with Crippen molar-refractivity contribution < 1.29 is 23.8 Å². The quantitative estimate of drug-likeness (QED) is 0.590. The lowest BCUT2D eigenvalue weighted by Gasteiger charge is -2.30. The molecule has 1 atom stereocenters. The number of Topliss-reactive ketones (excluding diaryl/α,β-unsaturated/α-hetero) is 1. The van der Waals surface area contributed by atoms with E-state index in [1.54, 1.807) is 13.8 Å². The molecular weight excluding hydrogens is 469 g/mol. The van der Waals surface area contributed by atoms with E-state index in [4.69, 9.17) is 16.3 Å². The molecule has 0 spiro atoms. The van der Waals surface area contributed by atoms with Gasteiger partial charge in [-0.1, -0.05) is 17.7 Å². The Kier molecular flexibility index (Phi) is 7.13. The number of halogens is 2. The van der Waals surface area contributed by atoms with E-state index < -0.39 is 29.3 Å². The van der Waals surface area contributed by atoms with Gasteiger partial charge in [0.15, 0.2) is 5.76 Å². The van der Waals surface area contributed by atoms with Crippen molar-refractivity contribution in [3.8, 4) is 0 Å². The Morgan fingerprint density at radius 1 is 1.30 bits per heavy atom. The summed E-state index contributed by atoms with van der Waals surface area (Å²) in [6.45, 7) is 7.31. The zero-order valence-electron chi connectivity index (χ0n) is 18.4. The molecule has 33 heavy (non-hydrogen) atoms. The van der Waals surface area contributed by atoms with Crippen molar-refractivity contribution in [3.05, 3.63) is 61.5 Å². The zero-order valence-corrected chi connectivity index (χ0v) is 20.0. The maximum absolute atomic E-state index is 15.0. The van der Waals surface area contributed by atoms with Crippen molar-refractivity contribution in [2.24, 2.45) is 0 Å². The van der Waals surface area contributed by atoms with Crippen LogP contribution in [0.1, 0.15) is 38.4 Å². The molecule has 1 fully saturated rings. The summed E-state index contributed by atoms with van der Waals surface area (Å²) >= 11 is 7.53. The molecule has 7 nitrogen and oxygen atoms in total. The summed E-state index contributed by atoms with van der Waals surface area (Å²) < 4.78 is 20.4. The first-order valence-electron chi connectivity index (χ1n) is 10.8. The molecule has 1 aromatic heterocycles. The van der Waals surface area contributed by atoms with Gasteiger partial charge in [-0.2, -0.15) is 0 Å². The summed E-state index contributed by atoms with van der Waals surface area (Å²) in [5.74, 6) is -2.55.